The molecule has 0 saturated carbocycles. The first-order valence-corrected chi connectivity index (χ1v) is 10.1. The van der Waals surface area contributed by atoms with E-state index < -0.39 is 6.04 Å². The summed E-state index contributed by atoms with van der Waals surface area (Å²) in [6, 6.07) is 21.8. The second-order valence-corrected chi connectivity index (χ2v) is 7.99. The van der Waals surface area contributed by atoms with Gasteiger partial charge in [-0.3, -0.25) is 9.59 Å². The first-order chi connectivity index (χ1) is 14.5. The van der Waals surface area contributed by atoms with Crippen molar-refractivity contribution in [3.63, 3.8) is 0 Å². The summed E-state index contributed by atoms with van der Waals surface area (Å²) in [7, 11) is 0. The van der Waals surface area contributed by atoms with Crippen molar-refractivity contribution < 1.29 is 9.21 Å². The molecule has 1 amide bonds. The number of nitrogens with zero attached hydrogens (tertiary/aromatic N) is 1. The topological polar surface area (TPSA) is 50.5 Å². The normalized spacial score (nSPS) is 15.6. The molecule has 0 saturated heterocycles. The predicted octanol–water partition coefficient (Wildman–Crippen LogP) is 5.50. The van der Waals surface area contributed by atoms with Crippen molar-refractivity contribution in [2.45, 2.75) is 19.5 Å². The van der Waals surface area contributed by atoms with Crippen molar-refractivity contribution >= 4 is 28.5 Å². The molecular weight excluding hydrogens is 398 g/mol. The lowest BCUT2D eigenvalue weighted by Gasteiger charge is -2.25. The highest BCUT2D eigenvalue weighted by Gasteiger charge is 2.42. The second kappa shape index (κ2) is 7.15. The number of hydrogen-bond donors (Lipinski definition) is 0. The second-order valence-electron chi connectivity index (χ2n) is 7.55. The largest absolute Gasteiger partial charge is 0.450 e. The van der Waals surface area contributed by atoms with E-state index in [1.54, 1.807) is 29.2 Å². The highest BCUT2D eigenvalue weighted by atomic mass is 35.5. The monoisotopic (exact) mass is 415 g/mol. The molecular formula is C25H18ClNO3. The molecule has 1 aromatic heterocycles. The van der Waals surface area contributed by atoms with Crippen LogP contribution >= 0.6 is 11.6 Å². The lowest BCUT2D eigenvalue weighted by molar-refractivity contribution is 0.0714. The van der Waals surface area contributed by atoms with E-state index in [1.165, 1.54) is 0 Å². The van der Waals surface area contributed by atoms with E-state index in [1.807, 2.05) is 55.5 Å². The molecule has 0 aliphatic carbocycles. The van der Waals surface area contributed by atoms with E-state index in [9.17, 15) is 9.59 Å². The van der Waals surface area contributed by atoms with Crippen molar-refractivity contribution in [1.29, 1.82) is 0 Å². The van der Waals surface area contributed by atoms with Gasteiger partial charge in [0.05, 0.1) is 17.0 Å². The molecule has 1 aliphatic rings. The Bertz CT molecular complexity index is 1340. The van der Waals surface area contributed by atoms with E-state index in [0.29, 0.717) is 28.1 Å². The number of carbonyl (C=O) groups is 1. The van der Waals surface area contributed by atoms with Gasteiger partial charge in [0, 0.05) is 11.6 Å². The summed E-state index contributed by atoms with van der Waals surface area (Å²) in [5, 5.41) is 1.03. The van der Waals surface area contributed by atoms with Crippen LogP contribution in [0.15, 0.2) is 82.0 Å². The van der Waals surface area contributed by atoms with Crippen molar-refractivity contribution in [2.24, 2.45) is 0 Å². The lowest BCUT2D eigenvalue weighted by Crippen LogP contribution is -2.29. The fourth-order valence-corrected chi connectivity index (χ4v) is 4.30. The van der Waals surface area contributed by atoms with Crippen LogP contribution in [0.2, 0.25) is 5.02 Å². The van der Waals surface area contributed by atoms with Gasteiger partial charge in [-0.25, -0.2) is 0 Å². The summed E-state index contributed by atoms with van der Waals surface area (Å²) < 4.78 is 5.98. The van der Waals surface area contributed by atoms with Crippen LogP contribution in [-0.4, -0.2) is 10.8 Å². The minimum absolute atomic E-state index is 0.109. The summed E-state index contributed by atoms with van der Waals surface area (Å²) in [5.41, 5.74) is 3.33. The van der Waals surface area contributed by atoms with Gasteiger partial charge in [0.2, 0.25) is 5.76 Å². The Labute approximate surface area is 178 Å². The van der Waals surface area contributed by atoms with E-state index in [-0.39, 0.29) is 17.1 Å². The average Bonchev–Trinajstić information content (AvgIpc) is 3.02. The van der Waals surface area contributed by atoms with E-state index in [2.05, 4.69) is 0 Å². The number of benzene rings is 3. The van der Waals surface area contributed by atoms with Gasteiger partial charge in [-0.15, -0.1) is 0 Å². The fourth-order valence-electron chi connectivity index (χ4n) is 4.10. The van der Waals surface area contributed by atoms with Gasteiger partial charge >= 0.3 is 0 Å². The Morgan fingerprint density at radius 3 is 2.53 bits per heavy atom. The smallest absolute Gasteiger partial charge is 0.291 e. The molecule has 0 unspecified atom stereocenters. The summed E-state index contributed by atoms with van der Waals surface area (Å²) in [6.45, 7) is 2.28. The van der Waals surface area contributed by atoms with Gasteiger partial charge in [-0.2, -0.15) is 0 Å². The van der Waals surface area contributed by atoms with Crippen LogP contribution in [0.4, 0.5) is 0 Å². The molecule has 0 fully saturated rings. The highest BCUT2D eigenvalue weighted by molar-refractivity contribution is 6.30. The maximum Gasteiger partial charge on any atom is 0.291 e. The maximum atomic E-state index is 13.5. The van der Waals surface area contributed by atoms with Gasteiger partial charge in [-0.05, 0) is 42.3 Å². The Hall–Kier alpha value is -3.37. The van der Waals surface area contributed by atoms with Gasteiger partial charge < -0.3 is 9.32 Å². The molecule has 5 heteroatoms. The molecule has 148 valence electrons. The number of fused-ring (bicyclic) bond motifs is 2. The summed E-state index contributed by atoms with van der Waals surface area (Å²) in [6.07, 6.45) is 0. The average molecular weight is 416 g/mol. The zero-order chi connectivity index (χ0) is 20.8. The molecule has 0 bridgehead atoms. The lowest BCUT2D eigenvalue weighted by atomic mass is 9.98. The van der Waals surface area contributed by atoms with E-state index >= 15 is 0 Å². The number of hydrogen-bond acceptors (Lipinski definition) is 3. The third-order valence-corrected chi connectivity index (χ3v) is 5.72. The van der Waals surface area contributed by atoms with E-state index in [4.69, 9.17) is 16.0 Å². The quantitative estimate of drug-likeness (QED) is 0.444. The summed E-state index contributed by atoms with van der Waals surface area (Å²) in [4.78, 5) is 28.6. The minimum atomic E-state index is -0.562. The Morgan fingerprint density at radius 2 is 1.77 bits per heavy atom. The third-order valence-electron chi connectivity index (χ3n) is 5.48. The molecule has 0 radical (unpaired) electrons. The van der Waals surface area contributed by atoms with Crippen LogP contribution in [0.1, 0.15) is 38.9 Å². The van der Waals surface area contributed by atoms with Crippen LogP contribution in [-0.2, 0) is 6.54 Å². The number of aryl methyl sites for hydroxylation is 1. The maximum absolute atomic E-state index is 13.5. The van der Waals surface area contributed by atoms with Crippen LogP contribution in [0, 0.1) is 6.92 Å². The molecule has 4 nitrogen and oxygen atoms in total. The van der Waals surface area contributed by atoms with Crippen molar-refractivity contribution in [2.75, 3.05) is 0 Å². The first-order valence-electron chi connectivity index (χ1n) is 9.70. The molecule has 4 aromatic rings. The minimum Gasteiger partial charge on any atom is -0.450 e. The van der Waals surface area contributed by atoms with Crippen molar-refractivity contribution in [3.05, 3.63) is 116 Å². The highest BCUT2D eigenvalue weighted by Crippen LogP contribution is 2.39. The van der Waals surface area contributed by atoms with Crippen LogP contribution in [0.25, 0.3) is 11.0 Å². The number of halogens is 1. The summed E-state index contributed by atoms with van der Waals surface area (Å²) >= 11 is 6.25. The molecule has 1 atom stereocenters. The Kier molecular flexibility index (Phi) is 4.44. The molecule has 2 heterocycles. The molecule has 30 heavy (non-hydrogen) atoms. The van der Waals surface area contributed by atoms with Crippen molar-refractivity contribution in [1.82, 2.24) is 4.90 Å². The first kappa shape index (κ1) is 18.6. The fraction of sp³-hybridized carbons (Fsp3) is 0.120. The number of carbonyl (C=O) groups excluding carboxylic acids is 1. The van der Waals surface area contributed by atoms with Crippen LogP contribution < -0.4 is 5.43 Å². The molecule has 0 N–H and O–H groups in total. The molecule has 3 aromatic carbocycles. The number of rotatable bonds is 3. The van der Waals surface area contributed by atoms with Crippen molar-refractivity contribution in [3.8, 4) is 0 Å². The van der Waals surface area contributed by atoms with Crippen LogP contribution in [0.3, 0.4) is 0 Å². The van der Waals surface area contributed by atoms with Gasteiger partial charge in [0.1, 0.15) is 5.58 Å². The SMILES string of the molecule is Cc1ccc2oc3c(c(=O)c2c1)[C@H](c1cccc(Cl)c1)N(Cc1ccccc1)C3=O. The van der Waals surface area contributed by atoms with Gasteiger partial charge in [0.25, 0.3) is 5.91 Å². The predicted molar refractivity (Wildman–Crippen MR) is 117 cm³/mol. The Balaban J connectivity index is 1.75. The Morgan fingerprint density at radius 1 is 0.967 bits per heavy atom. The number of amides is 1. The molecule has 1 aliphatic heterocycles. The zero-order valence-electron chi connectivity index (χ0n) is 16.3. The van der Waals surface area contributed by atoms with Crippen LogP contribution in [0.5, 0.6) is 0 Å². The van der Waals surface area contributed by atoms with Gasteiger partial charge in [0.15, 0.2) is 5.43 Å². The molecule has 5 rings (SSSR count). The zero-order valence-corrected chi connectivity index (χ0v) is 17.0. The third kappa shape index (κ3) is 3.01. The standard InChI is InChI=1S/C25H18ClNO3/c1-15-10-11-20-19(12-15)23(28)21-22(17-8-5-9-18(26)13-17)27(25(29)24(21)30-20)14-16-6-3-2-4-7-16/h2-13,22H,14H2,1H3/t22-/m0/s1. The van der Waals surface area contributed by atoms with E-state index in [0.717, 1.165) is 16.7 Å². The van der Waals surface area contributed by atoms with Gasteiger partial charge in [-0.1, -0.05) is 65.7 Å². The summed E-state index contributed by atoms with van der Waals surface area (Å²) in [5.74, 6) is -0.185. The molecule has 0 spiro atoms.